The van der Waals surface area contributed by atoms with E-state index in [1.807, 2.05) is 49.5 Å². The average Bonchev–Trinajstić information content (AvgIpc) is 3.08. The van der Waals surface area contributed by atoms with Gasteiger partial charge in [-0.3, -0.25) is 0 Å². The van der Waals surface area contributed by atoms with Crippen LogP contribution in [0, 0.1) is 11.3 Å². The van der Waals surface area contributed by atoms with Crippen molar-refractivity contribution in [3.63, 3.8) is 0 Å². The molecular weight excluding hydrogens is 370 g/mol. The Kier molecular flexibility index (Phi) is 6.22. The molecule has 0 fully saturated rings. The summed E-state index contributed by atoms with van der Waals surface area (Å²) in [5, 5.41) is 12.1. The lowest BCUT2D eigenvalue weighted by molar-refractivity contribution is 0.588. The summed E-state index contributed by atoms with van der Waals surface area (Å²) in [6.45, 7) is 0.556. The van der Waals surface area contributed by atoms with Crippen molar-refractivity contribution in [1.82, 2.24) is 9.29 Å². The van der Waals surface area contributed by atoms with Crippen molar-refractivity contribution >= 4 is 22.4 Å². The van der Waals surface area contributed by atoms with Gasteiger partial charge in [-0.1, -0.05) is 36.4 Å². The Bertz CT molecular complexity index is 1040. The molecule has 0 bridgehead atoms. The van der Waals surface area contributed by atoms with Crippen LogP contribution >= 0.6 is 12.4 Å². The molecule has 7 heteroatoms. The minimum Gasteiger partial charge on any atom is -0.316 e. The van der Waals surface area contributed by atoms with Crippen LogP contribution in [0.15, 0.2) is 71.8 Å². The van der Waals surface area contributed by atoms with E-state index < -0.39 is 10.0 Å². The molecule has 0 unspecified atom stereocenters. The summed E-state index contributed by atoms with van der Waals surface area (Å²) in [7, 11) is -2.00. The summed E-state index contributed by atoms with van der Waals surface area (Å²) >= 11 is 0. The SMILES string of the molecule is CNCc1cc(-c2ccccc2)n(S(=O)(=O)c2cccc(C#N)c2)c1.Cl. The van der Waals surface area contributed by atoms with Crippen LogP contribution in [0.1, 0.15) is 11.1 Å². The molecule has 3 rings (SSSR count). The van der Waals surface area contributed by atoms with E-state index in [0.717, 1.165) is 11.1 Å². The molecule has 0 amide bonds. The van der Waals surface area contributed by atoms with Crippen molar-refractivity contribution in [3.05, 3.63) is 78.0 Å². The van der Waals surface area contributed by atoms with Gasteiger partial charge in [0.25, 0.3) is 10.0 Å². The van der Waals surface area contributed by atoms with Crippen molar-refractivity contribution in [3.8, 4) is 17.3 Å². The number of rotatable bonds is 5. The summed E-state index contributed by atoms with van der Waals surface area (Å²) in [6, 6.07) is 19.3. The van der Waals surface area contributed by atoms with E-state index >= 15 is 0 Å². The summed E-state index contributed by atoms with van der Waals surface area (Å²) in [6.07, 6.45) is 1.62. The molecule has 0 spiro atoms. The molecule has 0 aliphatic heterocycles. The molecule has 0 radical (unpaired) electrons. The van der Waals surface area contributed by atoms with Crippen LogP contribution in [-0.2, 0) is 16.6 Å². The first-order valence-electron chi connectivity index (χ1n) is 7.73. The topological polar surface area (TPSA) is 74.9 Å². The van der Waals surface area contributed by atoms with E-state index in [9.17, 15) is 8.42 Å². The minimum absolute atomic E-state index is 0. The highest BCUT2D eigenvalue weighted by atomic mass is 35.5. The normalized spacial score (nSPS) is 10.8. The van der Waals surface area contributed by atoms with E-state index in [1.165, 1.54) is 16.1 Å². The molecule has 26 heavy (non-hydrogen) atoms. The standard InChI is InChI=1S/C19H17N3O2S.ClH/c1-21-13-16-11-19(17-7-3-2-4-8-17)22(14-16)25(23,24)18-9-5-6-15(10-18)12-20;/h2-11,14,21H,13H2,1H3;1H. The molecule has 1 heterocycles. The van der Waals surface area contributed by atoms with Gasteiger partial charge in [0, 0.05) is 12.7 Å². The molecule has 0 aliphatic carbocycles. The van der Waals surface area contributed by atoms with Gasteiger partial charge in [-0.05, 0) is 42.4 Å². The molecule has 1 N–H and O–H groups in total. The van der Waals surface area contributed by atoms with Gasteiger partial charge in [0.15, 0.2) is 0 Å². The van der Waals surface area contributed by atoms with Gasteiger partial charge in [0.2, 0.25) is 0 Å². The first-order chi connectivity index (χ1) is 12.1. The molecule has 3 aromatic rings. The number of nitriles is 1. The van der Waals surface area contributed by atoms with Gasteiger partial charge in [-0.15, -0.1) is 12.4 Å². The van der Waals surface area contributed by atoms with Gasteiger partial charge in [0.1, 0.15) is 0 Å². The van der Waals surface area contributed by atoms with Crippen LogP contribution in [0.25, 0.3) is 11.3 Å². The first kappa shape index (κ1) is 19.7. The predicted octanol–water partition coefficient (Wildman–Crippen LogP) is 3.40. The number of halogens is 1. The van der Waals surface area contributed by atoms with E-state index in [4.69, 9.17) is 5.26 Å². The van der Waals surface area contributed by atoms with E-state index in [2.05, 4.69) is 5.32 Å². The van der Waals surface area contributed by atoms with Crippen LogP contribution in [0.2, 0.25) is 0 Å². The molecule has 0 saturated heterocycles. The Morgan fingerprint density at radius 1 is 1.08 bits per heavy atom. The molecule has 0 saturated carbocycles. The number of hydrogen-bond donors (Lipinski definition) is 1. The predicted molar refractivity (Wildman–Crippen MR) is 104 cm³/mol. The highest BCUT2D eigenvalue weighted by Crippen LogP contribution is 2.27. The number of nitrogens with zero attached hydrogens (tertiary/aromatic N) is 2. The Hall–Kier alpha value is -2.59. The van der Waals surface area contributed by atoms with Crippen LogP contribution in [-0.4, -0.2) is 19.4 Å². The van der Waals surface area contributed by atoms with Crippen LogP contribution in [0.4, 0.5) is 0 Å². The van der Waals surface area contributed by atoms with Crippen molar-refractivity contribution in [2.24, 2.45) is 0 Å². The maximum Gasteiger partial charge on any atom is 0.268 e. The second-order valence-corrected chi connectivity index (χ2v) is 7.39. The molecule has 0 atom stereocenters. The second kappa shape index (κ2) is 8.19. The van der Waals surface area contributed by atoms with Crippen molar-refractivity contribution < 1.29 is 8.42 Å². The van der Waals surface area contributed by atoms with Crippen molar-refractivity contribution in [2.75, 3.05) is 7.05 Å². The van der Waals surface area contributed by atoms with Crippen LogP contribution in [0.3, 0.4) is 0 Å². The lowest BCUT2D eigenvalue weighted by Gasteiger charge is -2.11. The number of aromatic nitrogens is 1. The molecular formula is C19H18ClN3O2S. The maximum atomic E-state index is 13.1. The monoisotopic (exact) mass is 387 g/mol. The third kappa shape index (κ3) is 3.81. The van der Waals surface area contributed by atoms with E-state index in [-0.39, 0.29) is 17.3 Å². The van der Waals surface area contributed by atoms with Gasteiger partial charge >= 0.3 is 0 Å². The Morgan fingerprint density at radius 3 is 2.46 bits per heavy atom. The zero-order valence-corrected chi connectivity index (χ0v) is 15.7. The highest BCUT2D eigenvalue weighted by molar-refractivity contribution is 7.90. The quantitative estimate of drug-likeness (QED) is 0.728. The molecule has 5 nitrogen and oxygen atoms in total. The van der Waals surface area contributed by atoms with E-state index in [0.29, 0.717) is 17.8 Å². The lowest BCUT2D eigenvalue weighted by Crippen LogP contribution is -2.13. The fourth-order valence-corrected chi connectivity index (χ4v) is 4.10. The second-order valence-electron chi connectivity index (χ2n) is 5.57. The molecule has 1 aromatic heterocycles. The van der Waals surface area contributed by atoms with Gasteiger partial charge < -0.3 is 5.32 Å². The number of benzene rings is 2. The summed E-state index contributed by atoms with van der Waals surface area (Å²) in [5.41, 5.74) is 2.57. The highest BCUT2D eigenvalue weighted by Gasteiger charge is 2.22. The first-order valence-corrected chi connectivity index (χ1v) is 9.17. The lowest BCUT2D eigenvalue weighted by atomic mass is 10.1. The summed E-state index contributed by atoms with van der Waals surface area (Å²) in [5.74, 6) is 0. The molecule has 2 aromatic carbocycles. The Morgan fingerprint density at radius 2 is 1.81 bits per heavy atom. The van der Waals surface area contributed by atoms with Gasteiger partial charge in [-0.25, -0.2) is 12.4 Å². The van der Waals surface area contributed by atoms with Crippen LogP contribution < -0.4 is 5.32 Å². The van der Waals surface area contributed by atoms with Gasteiger partial charge in [-0.2, -0.15) is 5.26 Å². The summed E-state index contributed by atoms with van der Waals surface area (Å²) < 4.78 is 27.6. The largest absolute Gasteiger partial charge is 0.316 e. The zero-order valence-electron chi connectivity index (χ0n) is 14.1. The zero-order chi connectivity index (χ0) is 17.9. The maximum absolute atomic E-state index is 13.1. The Balaban J connectivity index is 0.00000243. The fourth-order valence-electron chi connectivity index (χ4n) is 2.66. The van der Waals surface area contributed by atoms with E-state index in [1.54, 1.807) is 18.3 Å². The minimum atomic E-state index is -3.81. The smallest absolute Gasteiger partial charge is 0.268 e. The number of nitrogens with one attached hydrogen (secondary N) is 1. The van der Waals surface area contributed by atoms with Crippen molar-refractivity contribution in [1.29, 1.82) is 5.26 Å². The van der Waals surface area contributed by atoms with Gasteiger partial charge in [0.05, 0.1) is 22.2 Å². The molecule has 134 valence electrons. The summed E-state index contributed by atoms with van der Waals surface area (Å²) in [4.78, 5) is 0.0929. The fraction of sp³-hybridized carbons (Fsp3) is 0.105. The van der Waals surface area contributed by atoms with Crippen LogP contribution in [0.5, 0.6) is 0 Å². The number of hydrogen-bond acceptors (Lipinski definition) is 4. The van der Waals surface area contributed by atoms with Crippen molar-refractivity contribution in [2.45, 2.75) is 11.4 Å². The third-order valence-corrected chi connectivity index (χ3v) is 5.48. The molecule has 0 aliphatic rings. The average molecular weight is 388 g/mol. The third-order valence-electron chi connectivity index (χ3n) is 3.81. The Labute approximate surface area is 159 Å².